The number of piperidine rings is 1. The van der Waals surface area contributed by atoms with Crippen LogP contribution in [0.3, 0.4) is 0 Å². The van der Waals surface area contributed by atoms with Gasteiger partial charge in [0.2, 0.25) is 0 Å². The molecule has 0 spiro atoms. The molecule has 0 aromatic heterocycles. The van der Waals surface area contributed by atoms with Crippen molar-refractivity contribution in [3.8, 4) is 0 Å². The van der Waals surface area contributed by atoms with Gasteiger partial charge in [-0.15, -0.1) is 0 Å². The van der Waals surface area contributed by atoms with Gasteiger partial charge in [0.25, 0.3) is 0 Å². The van der Waals surface area contributed by atoms with Gasteiger partial charge in [-0.3, -0.25) is 0 Å². The summed E-state index contributed by atoms with van der Waals surface area (Å²) < 4.78 is 1.14. The standard InChI is InChI=1S/C14H22BrN3/c1-17(2)14(11-16)6-8-18(9-7-14)13-5-3-4-12(15)10-13/h3-5,10H,6-9,11,16H2,1-2H3. The van der Waals surface area contributed by atoms with Crippen LogP contribution in [-0.2, 0) is 0 Å². The summed E-state index contributed by atoms with van der Waals surface area (Å²) in [5.41, 5.74) is 7.46. The van der Waals surface area contributed by atoms with Crippen molar-refractivity contribution in [2.24, 2.45) is 5.73 Å². The van der Waals surface area contributed by atoms with Gasteiger partial charge in [-0.25, -0.2) is 0 Å². The highest BCUT2D eigenvalue weighted by molar-refractivity contribution is 9.10. The molecule has 1 fully saturated rings. The fourth-order valence-corrected chi connectivity index (χ4v) is 3.08. The van der Waals surface area contributed by atoms with Crippen molar-refractivity contribution in [2.45, 2.75) is 18.4 Å². The first kappa shape index (κ1) is 13.8. The number of nitrogens with two attached hydrogens (primary N) is 1. The molecule has 1 saturated heterocycles. The first-order valence-corrected chi connectivity index (χ1v) is 7.25. The summed E-state index contributed by atoms with van der Waals surface area (Å²) in [6, 6.07) is 8.52. The minimum absolute atomic E-state index is 0.183. The van der Waals surface area contributed by atoms with Gasteiger partial charge < -0.3 is 15.5 Å². The molecule has 0 radical (unpaired) electrons. The van der Waals surface area contributed by atoms with E-state index in [1.807, 2.05) is 0 Å². The maximum atomic E-state index is 5.98. The van der Waals surface area contributed by atoms with Crippen LogP contribution in [0.4, 0.5) is 5.69 Å². The van der Waals surface area contributed by atoms with Crippen molar-refractivity contribution in [3.63, 3.8) is 0 Å². The van der Waals surface area contributed by atoms with Crippen LogP contribution in [-0.4, -0.2) is 44.2 Å². The largest absolute Gasteiger partial charge is 0.371 e. The van der Waals surface area contributed by atoms with E-state index in [9.17, 15) is 0 Å². The summed E-state index contributed by atoms with van der Waals surface area (Å²) in [6.45, 7) is 2.89. The number of hydrogen-bond donors (Lipinski definition) is 1. The van der Waals surface area contributed by atoms with E-state index in [0.717, 1.165) is 36.9 Å². The van der Waals surface area contributed by atoms with Crippen molar-refractivity contribution in [1.82, 2.24) is 4.90 Å². The average Bonchev–Trinajstić information content (AvgIpc) is 2.38. The summed E-state index contributed by atoms with van der Waals surface area (Å²) in [4.78, 5) is 4.74. The summed E-state index contributed by atoms with van der Waals surface area (Å²) in [5, 5.41) is 0. The summed E-state index contributed by atoms with van der Waals surface area (Å²) >= 11 is 3.53. The molecule has 1 aliphatic heterocycles. The fourth-order valence-electron chi connectivity index (χ4n) is 2.69. The Hall–Kier alpha value is -0.580. The Balaban J connectivity index is 2.06. The second-order valence-corrected chi connectivity index (χ2v) is 6.21. The maximum absolute atomic E-state index is 5.98. The lowest BCUT2D eigenvalue weighted by Gasteiger charge is -2.46. The molecule has 2 rings (SSSR count). The van der Waals surface area contributed by atoms with Gasteiger partial charge in [0, 0.05) is 35.3 Å². The zero-order valence-corrected chi connectivity index (χ0v) is 12.8. The number of likely N-dealkylation sites (N-methyl/N-ethyl adjacent to an activating group) is 1. The summed E-state index contributed by atoms with van der Waals surface area (Å²) in [6.07, 6.45) is 2.26. The minimum atomic E-state index is 0.183. The molecule has 4 heteroatoms. The topological polar surface area (TPSA) is 32.5 Å². The van der Waals surface area contributed by atoms with E-state index < -0.39 is 0 Å². The first-order chi connectivity index (χ1) is 8.57. The van der Waals surface area contributed by atoms with E-state index >= 15 is 0 Å². The molecule has 0 bridgehead atoms. The number of anilines is 1. The number of halogens is 1. The number of hydrogen-bond acceptors (Lipinski definition) is 3. The predicted octanol–water partition coefficient (Wildman–Crippen LogP) is 2.31. The smallest absolute Gasteiger partial charge is 0.0377 e. The van der Waals surface area contributed by atoms with Gasteiger partial charge in [-0.05, 0) is 45.1 Å². The number of rotatable bonds is 3. The molecule has 0 aliphatic carbocycles. The normalized spacial score (nSPS) is 19.3. The molecule has 18 heavy (non-hydrogen) atoms. The van der Waals surface area contributed by atoms with Crippen LogP contribution in [0.5, 0.6) is 0 Å². The van der Waals surface area contributed by atoms with Crippen LogP contribution in [0.1, 0.15) is 12.8 Å². The van der Waals surface area contributed by atoms with Gasteiger partial charge in [0.05, 0.1) is 0 Å². The van der Waals surface area contributed by atoms with E-state index in [2.05, 4.69) is 64.1 Å². The molecule has 3 nitrogen and oxygen atoms in total. The lowest BCUT2D eigenvalue weighted by Crippen LogP contribution is -2.57. The average molecular weight is 312 g/mol. The minimum Gasteiger partial charge on any atom is -0.371 e. The molecule has 1 aromatic carbocycles. The highest BCUT2D eigenvalue weighted by Crippen LogP contribution is 2.30. The van der Waals surface area contributed by atoms with Crippen molar-refractivity contribution in [2.75, 3.05) is 38.6 Å². The Labute approximate surface area is 118 Å². The van der Waals surface area contributed by atoms with Crippen molar-refractivity contribution >= 4 is 21.6 Å². The maximum Gasteiger partial charge on any atom is 0.0377 e. The van der Waals surface area contributed by atoms with E-state index in [0.29, 0.717) is 0 Å². The van der Waals surface area contributed by atoms with Gasteiger partial charge in [-0.2, -0.15) is 0 Å². The molecule has 100 valence electrons. The van der Waals surface area contributed by atoms with E-state index in [-0.39, 0.29) is 5.54 Å². The monoisotopic (exact) mass is 311 g/mol. The van der Waals surface area contributed by atoms with Crippen LogP contribution in [0.15, 0.2) is 28.7 Å². The lowest BCUT2D eigenvalue weighted by molar-refractivity contribution is 0.125. The van der Waals surface area contributed by atoms with Gasteiger partial charge in [0.15, 0.2) is 0 Å². The molecule has 0 unspecified atom stereocenters. The highest BCUT2D eigenvalue weighted by Gasteiger charge is 2.35. The van der Waals surface area contributed by atoms with Gasteiger partial charge in [-0.1, -0.05) is 22.0 Å². The molecular formula is C14H22BrN3. The van der Waals surface area contributed by atoms with Gasteiger partial charge in [0.1, 0.15) is 0 Å². The third kappa shape index (κ3) is 2.71. The van der Waals surface area contributed by atoms with Crippen molar-refractivity contribution < 1.29 is 0 Å². The van der Waals surface area contributed by atoms with E-state index in [1.165, 1.54) is 5.69 Å². The third-order valence-electron chi connectivity index (χ3n) is 4.20. The number of nitrogens with zero attached hydrogens (tertiary/aromatic N) is 2. The predicted molar refractivity (Wildman–Crippen MR) is 81.1 cm³/mol. The molecule has 0 amide bonds. The van der Waals surface area contributed by atoms with Crippen LogP contribution < -0.4 is 10.6 Å². The van der Waals surface area contributed by atoms with E-state index in [4.69, 9.17) is 5.73 Å². The SMILES string of the molecule is CN(C)C1(CN)CCN(c2cccc(Br)c2)CC1. The second kappa shape index (κ2) is 5.59. The first-order valence-electron chi connectivity index (χ1n) is 6.45. The molecule has 1 heterocycles. The fraction of sp³-hybridized carbons (Fsp3) is 0.571. The Kier molecular flexibility index (Phi) is 4.30. The van der Waals surface area contributed by atoms with Crippen LogP contribution in [0, 0.1) is 0 Å². The van der Waals surface area contributed by atoms with Gasteiger partial charge >= 0.3 is 0 Å². The second-order valence-electron chi connectivity index (χ2n) is 5.29. The molecular weight excluding hydrogens is 290 g/mol. The summed E-state index contributed by atoms with van der Waals surface area (Å²) in [5.74, 6) is 0. The van der Waals surface area contributed by atoms with Crippen LogP contribution in [0.2, 0.25) is 0 Å². The molecule has 0 atom stereocenters. The Bertz CT molecular complexity index is 398. The van der Waals surface area contributed by atoms with Crippen molar-refractivity contribution in [3.05, 3.63) is 28.7 Å². The summed E-state index contributed by atoms with van der Waals surface area (Å²) in [7, 11) is 4.28. The lowest BCUT2D eigenvalue weighted by atomic mass is 9.86. The molecule has 0 saturated carbocycles. The quantitative estimate of drug-likeness (QED) is 0.930. The van der Waals surface area contributed by atoms with Crippen molar-refractivity contribution in [1.29, 1.82) is 0 Å². The Morgan fingerprint density at radius 1 is 1.33 bits per heavy atom. The zero-order valence-electron chi connectivity index (χ0n) is 11.2. The number of benzene rings is 1. The molecule has 2 N–H and O–H groups in total. The van der Waals surface area contributed by atoms with E-state index in [1.54, 1.807) is 0 Å². The zero-order chi connectivity index (χ0) is 13.2. The molecule has 1 aromatic rings. The molecule has 1 aliphatic rings. The third-order valence-corrected chi connectivity index (χ3v) is 4.69. The Morgan fingerprint density at radius 3 is 2.50 bits per heavy atom. The van der Waals surface area contributed by atoms with Crippen LogP contribution in [0.25, 0.3) is 0 Å². The highest BCUT2D eigenvalue weighted by atomic mass is 79.9. The Morgan fingerprint density at radius 2 is 2.00 bits per heavy atom. The van der Waals surface area contributed by atoms with Crippen LogP contribution >= 0.6 is 15.9 Å².